The largest absolute Gasteiger partial charge is 0.324 e. The van der Waals surface area contributed by atoms with Crippen molar-refractivity contribution in [3.63, 3.8) is 0 Å². The molecule has 158 valence electrons. The molecule has 0 aliphatic rings. The number of para-hydroxylation sites is 2. The van der Waals surface area contributed by atoms with Gasteiger partial charge in [-0.1, -0.05) is 47.6 Å². The first kappa shape index (κ1) is 21.6. The molecule has 9 heteroatoms. The van der Waals surface area contributed by atoms with Gasteiger partial charge in [-0.15, -0.1) is 0 Å². The SMILES string of the molecule is N#Cc1ccccc1NC(=O)CSc1nc2ccccc2c(=O)n1-c1ccc(F)c(Cl)c1. The van der Waals surface area contributed by atoms with Crippen molar-refractivity contribution in [1.29, 1.82) is 5.26 Å². The molecule has 0 radical (unpaired) electrons. The van der Waals surface area contributed by atoms with E-state index in [1.54, 1.807) is 48.5 Å². The summed E-state index contributed by atoms with van der Waals surface area (Å²) in [5, 5.41) is 12.4. The van der Waals surface area contributed by atoms with Gasteiger partial charge in [0.05, 0.1) is 38.6 Å². The summed E-state index contributed by atoms with van der Waals surface area (Å²) in [5.74, 6) is -1.05. The van der Waals surface area contributed by atoms with Crippen LogP contribution < -0.4 is 10.9 Å². The van der Waals surface area contributed by atoms with Crippen LogP contribution in [-0.4, -0.2) is 21.2 Å². The fourth-order valence-electron chi connectivity index (χ4n) is 3.07. The number of halogens is 2. The van der Waals surface area contributed by atoms with Crippen LogP contribution >= 0.6 is 23.4 Å². The van der Waals surface area contributed by atoms with Crippen LogP contribution in [0.4, 0.5) is 10.1 Å². The van der Waals surface area contributed by atoms with Gasteiger partial charge in [-0.3, -0.25) is 14.2 Å². The Balaban J connectivity index is 1.70. The normalized spacial score (nSPS) is 10.7. The molecule has 0 spiro atoms. The lowest BCUT2D eigenvalue weighted by Crippen LogP contribution is -2.23. The number of hydrogen-bond donors (Lipinski definition) is 1. The molecule has 0 atom stereocenters. The van der Waals surface area contributed by atoms with Crippen LogP contribution in [0.2, 0.25) is 5.02 Å². The number of rotatable bonds is 5. The molecule has 0 fully saturated rings. The molecule has 0 unspecified atom stereocenters. The molecule has 1 amide bonds. The minimum Gasteiger partial charge on any atom is -0.324 e. The summed E-state index contributed by atoms with van der Waals surface area (Å²) in [5.41, 5.74) is 1.18. The Hall–Kier alpha value is -3.67. The smallest absolute Gasteiger partial charge is 0.266 e. The van der Waals surface area contributed by atoms with Crippen molar-refractivity contribution < 1.29 is 9.18 Å². The van der Waals surface area contributed by atoms with E-state index in [0.717, 1.165) is 11.8 Å². The van der Waals surface area contributed by atoms with Crippen LogP contribution in [0.3, 0.4) is 0 Å². The number of fused-ring (bicyclic) bond motifs is 1. The van der Waals surface area contributed by atoms with Crippen molar-refractivity contribution in [1.82, 2.24) is 9.55 Å². The van der Waals surface area contributed by atoms with Crippen molar-refractivity contribution >= 4 is 45.9 Å². The average Bonchev–Trinajstić information content (AvgIpc) is 2.80. The number of aromatic nitrogens is 2. The van der Waals surface area contributed by atoms with E-state index in [2.05, 4.69) is 10.3 Å². The highest BCUT2D eigenvalue weighted by Gasteiger charge is 2.16. The molecular formula is C23H14ClFN4O2S. The zero-order valence-corrected chi connectivity index (χ0v) is 18.0. The van der Waals surface area contributed by atoms with Gasteiger partial charge in [-0.25, -0.2) is 9.37 Å². The lowest BCUT2D eigenvalue weighted by molar-refractivity contribution is -0.113. The van der Waals surface area contributed by atoms with Gasteiger partial charge in [0.25, 0.3) is 5.56 Å². The monoisotopic (exact) mass is 464 g/mol. The zero-order chi connectivity index (χ0) is 22.7. The van der Waals surface area contributed by atoms with E-state index in [9.17, 15) is 19.2 Å². The van der Waals surface area contributed by atoms with Crippen LogP contribution in [0.5, 0.6) is 0 Å². The van der Waals surface area contributed by atoms with Crippen molar-refractivity contribution in [3.8, 4) is 11.8 Å². The number of hydrogen-bond acceptors (Lipinski definition) is 5. The van der Waals surface area contributed by atoms with Crippen molar-refractivity contribution in [2.75, 3.05) is 11.1 Å². The summed E-state index contributed by atoms with van der Waals surface area (Å²) >= 11 is 6.97. The van der Waals surface area contributed by atoms with Crippen molar-refractivity contribution in [3.05, 3.63) is 93.5 Å². The maximum atomic E-state index is 13.7. The first-order chi connectivity index (χ1) is 15.5. The minimum atomic E-state index is -0.609. The summed E-state index contributed by atoms with van der Waals surface area (Å²) in [6.07, 6.45) is 0. The standard InChI is InChI=1S/C23H14ClFN4O2S/c24-17-11-15(9-10-18(17)25)29-22(31)16-6-2-4-8-20(16)28-23(29)32-13-21(30)27-19-7-3-1-5-14(19)12-26/h1-11H,13H2,(H,27,30). The number of nitrogens with one attached hydrogen (secondary N) is 1. The molecule has 0 aliphatic heterocycles. The molecule has 4 rings (SSSR count). The number of nitrogens with zero attached hydrogens (tertiary/aromatic N) is 3. The Morgan fingerprint density at radius 2 is 1.91 bits per heavy atom. The quantitative estimate of drug-likeness (QED) is 0.339. The second kappa shape index (κ2) is 9.22. The zero-order valence-electron chi connectivity index (χ0n) is 16.4. The van der Waals surface area contributed by atoms with E-state index in [0.29, 0.717) is 27.8 Å². The van der Waals surface area contributed by atoms with Crippen molar-refractivity contribution in [2.24, 2.45) is 0 Å². The van der Waals surface area contributed by atoms with Gasteiger partial charge in [0, 0.05) is 0 Å². The number of anilines is 1. The Morgan fingerprint density at radius 1 is 1.16 bits per heavy atom. The minimum absolute atomic E-state index is 0.0700. The lowest BCUT2D eigenvalue weighted by Gasteiger charge is -2.14. The predicted molar refractivity (Wildman–Crippen MR) is 123 cm³/mol. The molecule has 6 nitrogen and oxygen atoms in total. The van der Waals surface area contributed by atoms with E-state index in [1.165, 1.54) is 22.8 Å². The summed E-state index contributed by atoms with van der Waals surface area (Å²) < 4.78 is 15.0. The van der Waals surface area contributed by atoms with Crippen LogP contribution in [0.15, 0.2) is 76.7 Å². The molecule has 0 bridgehead atoms. The molecule has 1 aromatic heterocycles. The summed E-state index contributed by atoms with van der Waals surface area (Å²) in [4.78, 5) is 30.3. The van der Waals surface area contributed by atoms with Crippen LogP contribution in [-0.2, 0) is 4.79 Å². The van der Waals surface area contributed by atoms with Gasteiger partial charge in [0.15, 0.2) is 5.16 Å². The highest BCUT2D eigenvalue weighted by atomic mass is 35.5. The number of benzene rings is 3. The maximum absolute atomic E-state index is 13.7. The third-order valence-electron chi connectivity index (χ3n) is 4.56. The summed E-state index contributed by atoms with van der Waals surface area (Å²) in [6, 6.07) is 19.4. The number of carbonyl (C=O) groups is 1. The second-order valence-electron chi connectivity index (χ2n) is 6.64. The Labute approximate surface area is 191 Å². The molecule has 0 saturated heterocycles. The van der Waals surface area contributed by atoms with Gasteiger partial charge in [-0.05, 0) is 42.5 Å². The second-order valence-corrected chi connectivity index (χ2v) is 7.99. The fourth-order valence-corrected chi connectivity index (χ4v) is 4.05. The molecule has 3 aromatic carbocycles. The molecule has 0 saturated carbocycles. The van der Waals surface area contributed by atoms with E-state index < -0.39 is 5.82 Å². The Bertz CT molecular complexity index is 1450. The number of nitriles is 1. The van der Waals surface area contributed by atoms with E-state index >= 15 is 0 Å². The number of amides is 1. The van der Waals surface area contributed by atoms with Gasteiger partial charge in [-0.2, -0.15) is 5.26 Å². The van der Waals surface area contributed by atoms with E-state index in [1.807, 2.05) is 6.07 Å². The number of carbonyl (C=O) groups excluding carboxylic acids is 1. The summed E-state index contributed by atoms with van der Waals surface area (Å²) in [7, 11) is 0. The average molecular weight is 465 g/mol. The highest BCUT2D eigenvalue weighted by Crippen LogP contribution is 2.25. The summed E-state index contributed by atoms with van der Waals surface area (Å²) in [6.45, 7) is 0. The third kappa shape index (κ3) is 4.35. The van der Waals surface area contributed by atoms with Gasteiger partial charge >= 0.3 is 0 Å². The van der Waals surface area contributed by atoms with Gasteiger partial charge in [0.2, 0.25) is 5.91 Å². The number of thioether (sulfide) groups is 1. The van der Waals surface area contributed by atoms with Crippen LogP contribution in [0, 0.1) is 17.1 Å². The molecular weight excluding hydrogens is 451 g/mol. The topological polar surface area (TPSA) is 87.8 Å². The van der Waals surface area contributed by atoms with Crippen molar-refractivity contribution in [2.45, 2.75) is 5.16 Å². The molecule has 4 aromatic rings. The Kier molecular flexibility index (Phi) is 6.21. The highest BCUT2D eigenvalue weighted by molar-refractivity contribution is 7.99. The van der Waals surface area contributed by atoms with Crippen LogP contribution in [0.25, 0.3) is 16.6 Å². The maximum Gasteiger partial charge on any atom is 0.266 e. The lowest BCUT2D eigenvalue weighted by atomic mass is 10.2. The predicted octanol–water partition coefficient (Wildman–Crippen LogP) is 4.78. The first-order valence-electron chi connectivity index (χ1n) is 9.37. The molecule has 0 aliphatic carbocycles. The molecule has 1 heterocycles. The van der Waals surface area contributed by atoms with Crippen LogP contribution in [0.1, 0.15) is 5.56 Å². The molecule has 1 N–H and O–H groups in total. The van der Waals surface area contributed by atoms with E-state index in [-0.39, 0.29) is 27.4 Å². The molecule has 32 heavy (non-hydrogen) atoms. The Morgan fingerprint density at radius 3 is 2.69 bits per heavy atom. The van der Waals surface area contributed by atoms with Gasteiger partial charge < -0.3 is 5.32 Å². The van der Waals surface area contributed by atoms with Gasteiger partial charge in [0.1, 0.15) is 11.9 Å². The first-order valence-corrected chi connectivity index (χ1v) is 10.7. The fraction of sp³-hybridized carbons (Fsp3) is 0.0435. The third-order valence-corrected chi connectivity index (χ3v) is 5.79. The van der Waals surface area contributed by atoms with E-state index in [4.69, 9.17) is 11.6 Å².